The van der Waals surface area contributed by atoms with Crippen LogP contribution in [0.1, 0.15) is 130 Å². The van der Waals surface area contributed by atoms with Gasteiger partial charge in [-0.2, -0.15) is 0 Å². The van der Waals surface area contributed by atoms with E-state index in [0.29, 0.717) is 12.0 Å². The highest BCUT2D eigenvalue weighted by molar-refractivity contribution is 5.94. The van der Waals surface area contributed by atoms with Gasteiger partial charge in [0, 0.05) is 18.5 Å². The van der Waals surface area contributed by atoms with Crippen LogP contribution >= 0.6 is 0 Å². The summed E-state index contributed by atoms with van der Waals surface area (Å²) in [5.41, 5.74) is -0.0609. The molecule has 0 saturated heterocycles. The fourth-order valence-electron chi connectivity index (χ4n) is 5.79. The van der Waals surface area contributed by atoms with Crippen molar-refractivity contribution in [3.63, 3.8) is 0 Å². The van der Waals surface area contributed by atoms with Crippen LogP contribution in [-0.2, 0) is 30.3 Å². The average Bonchev–Trinajstić information content (AvgIpc) is 3.01. The van der Waals surface area contributed by atoms with E-state index in [1.54, 1.807) is 66.7 Å². The fourth-order valence-corrected chi connectivity index (χ4v) is 5.79. The van der Waals surface area contributed by atoms with Gasteiger partial charge in [0.1, 0.15) is 35.1 Å². The van der Waals surface area contributed by atoms with Gasteiger partial charge in [0.05, 0.1) is 0 Å². The molecule has 0 radical (unpaired) electrons. The number of hydrogen-bond acceptors (Lipinski definition) is 7. The number of unbranched alkanes of at least 4 members (excludes halogenated alkanes) is 5. The third kappa shape index (κ3) is 15.4. The summed E-state index contributed by atoms with van der Waals surface area (Å²) in [6, 6.07) is 10.9. The maximum Gasteiger partial charge on any atom is 0.408 e. The number of para-hydroxylation sites is 1. The Hall–Kier alpha value is -4.08. The van der Waals surface area contributed by atoms with E-state index in [2.05, 4.69) is 17.6 Å². The van der Waals surface area contributed by atoms with Crippen LogP contribution in [0.15, 0.2) is 48.5 Å². The van der Waals surface area contributed by atoms with Crippen LogP contribution in [-0.4, -0.2) is 63.7 Å². The first-order valence-electron chi connectivity index (χ1n) is 18.5. The van der Waals surface area contributed by atoms with Gasteiger partial charge in [-0.05, 0) is 78.4 Å². The number of carbonyl (C=O) groups excluding carboxylic acids is 4. The minimum absolute atomic E-state index is 0.00634. The molecule has 0 aliphatic carbocycles. The topological polar surface area (TPSA) is 134 Å². The second-order valence-corrected chi connectivity index (χ2v) is 15.8. The van der Waals surface area contributed by atoms with Crippen molar-refractivity contribution in [2.24, 2.45) is 5.92 Å². The maximum absolute atomic E-state index is 14.8. The van der Waals surface area contributed by atoms with Crippen LogP contribution in [0.4, 0.5) is 4.79 Å². The Labute approximate surface area is 306 Å². The van der Waals surface area contributed by atoms with Gasteiger partial charge in [0.25, 0.3) is 0 Å². The van der Waals surface area contributed by atoms with Crippen molar-refractivity contribution < 1.29 is 33.8 Å². The molecule has 2 aromatic carbocycles. The molecule has 284 valence electrons. The summed E-state index contributed by atoms with van der Waals surface area (Å²) in [5, 5.41) is 17.1. The van der Waals surface area contributed by atoms with Crippen molar-refractivity contribution >= 4 is 23.9 Å². The van der Waals surface area contributed by atoms with Gasteiger partial charge in [-0.15, -0.1) is 0 Å². The fraction of sp³-hybridized carbons (Fsp3) is 0.610. The Morgan fingerprint density at radius 2 is 1.39 bits per heavy atom. The lowest BCUT2D eigenvalue weighted by atomic mass is 9.96. The molecule has 3 amide bonds. The minimum Gasteiger partial charge on any atom is -0.507 e. The molecular weight excluding hydrogens is 646 g/mol. The number of aryl methyl sites for hydroxylation is 1. The molecule has 10 heteroatoms. The first kappa shape index (κ1) is 43.1. The highest BCUT2D eigenvalue weighted by Gasteiger charge is 2.39. The van der Waals surface area contributed by atoms with Crippen LogP contribution in [0.2, 0.25) is 0 Å². The molecule has 0 spiro atoms. The number of aromatic hydroxyl groups is 1. The van der Waals surface area contributed by atoms with Crippen LogP contribution in [0.25, 0.3) is 0 Å². The summed E-state index contributed by atoms with van der Waals surface area (Å²) in [7, 11) is 0. The standard InChI is InChI=1S/C41H63N3O7/c1-11-12-13-14-15-19-25-44(37(47)32(26-28(2)3)43-39(49)51-41(8,9)10)34(31-24-20-21-29(4)35(31)45)36(46)42-33(38(48)50-40(5,6)7)27-30-22-17-16-18-23-30/h16-18,20-24,28,32-34,45H,11-15,19,25-27H2,1-10H3,(H,42,46)(H,43,49). The predicted octanol–water partition coefficient (Wildman–Crippen LogP) is 7.94. The molecule has 0 aliphatic heterocycles. The molecule has 3 unspecified atom stereocenters. The summed E-state index contributed by atoms with van der Waals surface area (Å²) in [5.74, 6) is -1.88. The molecule has 0 heterocycles. The molecule has 3 N–H and O–H groups in total. The van der Waals surface area contributed by atoms with E-state index in [9.17, 15) is 24.3 Å². The van der Waals surface area contributed by atoms with Gasteiger partial charge in [0.2, 0.25) is 11.8 Å². The first-order valence-corrected chi connectivity index (χ1v) is 18.5. The Morgan fingerprint density at radius 1 is 0.784 bits per heavy atom. The van der Waals surface area contributed by atoms with Crippen molar-refractivity contribution in [1.82, 2.24) is 15.5 Å². The predicted molar refractivity (Wildman–Crippen MR) is 201 cm³/mol. The van der Waals surface area contributed by atoms with E-state index in [4.69, 9.17) is 9.47 Å². The van der Waals surface area contributed by atoms with Gasteiger partial charge in [0.15, 0.2) is 0 Å². The third-order valence-electron chi connectivity index (χ3n) is 8.15. The van der Waals surface area contributed by atoms with Crippen molar-refractivity contribution in [2.45, 2.75) is 150 Å². The summed E-state index contributed by atoms with van der Waals surface area (Å²) in [4.78, 5) is 57.6. The van der Waals surface area contributed by atoms with Gasteiger partial charge in [-0.3, -0.25) is 9.59 Å². The largest absolute Gasteiger partial charge is 0.507 e. The number of alkyl carbamates (subject to hydrolysis) is 1. The number of phenols is 1. The number of carbonyl (C=O) groups is 4. The lowest BCUT2D eigenvalue weighted by Crippen LogP contribution is -2.55. The molecule has 3 atom stereocenters. The molecule has 0 bridgehead atoms. The van der Waals surface area contributed by atoms with Crippen molar-refractivity contribution in [1.29, 1.82) is 0 Å². The summed E-state index contributed by atoms with van der Waals surface area (Å²) in [6.07, 6.45) is 5.32. The van der Waals surface area contributed by atoms with E-state index >= 15 is 0 Å². The molecule has 0 saturated carbocycles. The first-order chi connectivity index (χ1) is 23.8. The zero-order valence-corrected chi connectivity index (χ0v) is 32.6. The van der Waals surface area contributed by atoms with Crippen LogP contribution in [0.3, 0.4) is 0 Å². The van der Waals surface area contributed by atoms with Gasteiger partial charge in [-0.25, -0.2) is 9.59 Å². The minimum atomic E-state index is -1.33. The van der Waals surface area contributed by atoms with Gasteiger partial charge in [-0.1, -0.05) is 101 Å². The highest BCUT2D eigenvalue weighted by atomic mass is 16.6. The monoisotopic (exact) mass is 709 g/mol. The van der Waals surface area contributed by atoms with E-state index in [1.807, 2.05) is 44.2 Å². The van der Waals surface area contributed by atoms with E-state index in [-0.39, 0.29) is 36.6 Å². The average molecular weight is 710 g/mol. The summed E-state index contributed by atoms with van der Waals surface area (Å²) in [6.45, 7) is 18.4. The quantitative estimate of drug-likeness (QED) is 0.106. The highest BCUT2D eigenvalue weighted by Crippen LogP contribution is 2.33. The lowest BCUT2D eigenvalue weighted by Gasteiger charge is -2.36. The zero-order chi connectivity index (χ0) is 38.4. The number of ether oxygens (including phenoxy) is 2. The molecule has 51 heavy (non-hydrogen) atoms. The van der Waals surface area contributed by atoms with E-state index in [1.165, 1.54) is 4.90 Å². The van der Waals surface area contributed by atoms with Gasteiger partial charge < -0.3 is 30.1 Å². The number of nitrogens with zero attached hydrogens (tertiary/aromatic N) is 1. The Balaban J connectivity index is 2.68. The zero-order valence-electron chi connectivity index (χ0n) is 32.6. The number of rotatable bonds is 18. The Bertz CT molecular complexity index is 1410. The van der Waals surface area contributed by atoms with Crippen molar-refractivity contribution in [3.8, 4) is 5.75 Å². The second kappa shape index (κ2) is 20.1. The van der Waals surface area contributed by atoms with Crippen molar-refractivity contribution in [2.75, 3.05) is 6.54 Å². The number of phenolic OH excluding ortho intramolecular Hbond substituents is 1. The number of amides is 3. The Kier molecular flexibility index (Phi) is 17.0. The number of esters is 1. The molecule has 2 rings (SSSR count). The lowest BCUT2D eigenvalue weighted by molar-refractivity contribution is -0.159. The maximum atomic E-state index is 14.8. The van der Waals surface area contributed by atoms with Gasteiger partial charge >= 0.3 is 12.1 Å². The SMILES string of the molecule is CCCCCCCCN(C(=O)C(CC(C)C)NC(=O)OC(C)(C)C)C(C(=O)NC(Cc1ccccc1)C(=O)OC(C)(C)C)c1cccc(C)c1O. The summed E-state index contributed by atoms with van der Waals surface area (Å²) >= 11 is 0. The Morgan fingerprint density at radius 3 is 1.98 bits per heavy atom. The van der Waals surface area contributed by atoms with Crippen LogP contribution in [0.5, 0.6) is 5.75 Å². The van der Waals surface area contributed by atoms with E-state index in [0.717, 1.165) is 37.7 Å². The normalized spacial score (nSPS) is 13.5. The number of nitrogens with one attached hydrogen (secondary N) is 2. The number of hydrogen-bond donors (Lipinski definition) is 3. The number of benzene rings is 2. The molecule has 0 aliphatic rings. The molecule has 0 fully saturated rings. The third-order valence-corrected chi connectivity index (χ3v) is 8.15. The molecule has 10 nitrogen and oxygen atoms in total. The molecule has 2 aromatic rings. The smallest absolute Gasteiger partial charge is 0.408 e. The van der Waals surface area contributed by atoms with Crippen LogP contribution < -0.4 is 10.6 Å². The van der Waals surface area contributed by atoms with Crippen molar-refractivity contribution in [3.05, 3.63) is 65.2 Å². The van der Waals surface area contributed by atoms with Crippen LogP contribution in [0, 0.1) is 12.8 Å². The summed E-state index contributed by atoms with van der Waals surface area (Å²) < 4.78 is 11.3. The van der Waals surface area contributed by atoms with E-state index < -0.39 is 53.2 Å². The molecule has 0 aromatic heterocycles. The second-order valence-electron chi connectivity index (χ2n) is 15.8. The molecular formula is C41H63N3O7.